The number of carbonyl (C=O) groups is 1. The van der Waals surface area contributed by atoms with Gasteiger partial charge in [0.25, 0.3) is 0 Å². The Labute approximate surface area is 114 Å². The highest BCUT2D eigenvalue weighted by Gasteiger charge is 2.30. The van der Waals surface area contributed by atoms with Crippen LogP contribution in [0.25, 0.3) is 0 Å². The average molecular weight is 262 g/mol. The minimum Gasteiger partial charge on any atom is -0.478 e. The number of nitrogens with zero attached hydrogens (tertiary/aromatic N) is 2. The van der Waals surface area contributed by atoms with Gasteiger partial charge in [0.2, 0.25) is 0 Å². The predicted octanol–water partition coefficient (Wildman–Crippen LogP) is 3.18. The number of anilines is 1. The van der Waals surface area contributed by atoms with Crippen LogP contribution in [0.5, 0.6) is 0 Å². The van der Waals surface area contributed by atoms with Crippen LogP contribution in [0, 0.1) is 5.41 Å². The van der Waals surface area contributed by atoms with E-state index in [1.807, 2.05) is 7.05 Å². The molecule has 0 unspecified atom stereocenters. The van der Waals surface area contributed by atoms with E-state index in [1.54, 1.807) is 12.3 Å². The van der Waals surface area contributed by atoms with E-state index in [4.69, 9.17) is 0 Å². The first-order valence-electron chi connectivity index (χ1n) is 6.81. The Bertz CT molecular complexity index is 461. The van der Waals surface area contributed by atoms with Crippen molar-refractivity contribution >= 4 is 11.7 Å². The van der Waals surface area contributed by atoms with Crippen molar-refractivity contribution in [3.63, 3.8) is 0 Å². The lowest BCUT2D eigenvalue weighted by Crippen LogP contribution is -2.38. The molecule has 1 aliphatic carbocycles. The minimum atomic E-state index is -0.889. The van der Waals surface area contributed by atoms with Gasteiger partial charge < -0.3 is 10.0 Å². The third-order valence-corrected chi connectivity index (χ3v) is 4.27. The van der Waals surface area contributed by atoms with E-state index in [-0.39, 0.29) is 0 Å². The van der Waals surface area contributed by atoms with Gasteiger partial charge in [-0.25, -0.2) is 4.79 Å². The summed E-state index contributed by atoms with van der Waals surface area (Å²) < 4.78 is 0. The second-order valence-corrected chi connectivity index (χ2v) is 6.20. The van der Waals surface area contributed by atoms with Crippen LogP contribution in [0.4, 0.5) is 5.69 Å². The van der Waals surface area contributed by atoms with E-state index >= 15 is 0 Å². The lowest BCUT2D eigenvalue weighted by atomic mass is 9.75. The molecule has 1 N–H and O–H groups in total. The Hall–Kier alpha value is -1.58. The Morgan fingerprint density at radius 2 is 2.05 bits per heavy atom. The fourth-order valence-electron chi connectivity index (χ4n) is 2.82. The summed E-state index contributed by atoms with van der Waals surface area (Å²) in [6.07, 6.45) is 7.78. The lowest BCUT2D eigenvalue weighted by Gasteiger charge is -2.39. The largest absolute Gasteiger partial charge is 0.478 e. The number of aromatic nitrogens is 1. The maximum Gasteiger partial charge on any atom is 0.337 e. The molecule has 0 aromatic carbocycles. The molecule has 0 spiro atoms. The molecule has 4 heteroatoms. The molecule has 1 heterocycles. The molecule has 19 heavy (non-hydrogen) atoms. The summed E-state index contributed by atoms with van der Waals surface area (Å²) in [5.74, 6) is -0.889. The van der Waals surface area contributed by atoms with Gasteiger partial charge in [0.05, 0.1) is 17.4 Å². The first-order chi connectivity index (χ1) is 8.91. The summed E-state index contributed by atoms with van der Waals surface area (Å²) in [6.45, 7) is 4.60. The molecular formula is C15H22N2O2. The van der Waals surface area contributed by atoms with Gasteiger partial charge >= 0.3 is 5.97 Å². The summed E-state index contributed by atoms with van der Waals surface area (Å²) in [5, 5.41) is 9.24. The molecule has 1 aromatic heterocycles. The molecule has 2 rings (SSSR count). The lowest BCUT2D eigenvalue weighted by molar-refractivity contribution is 0.0697. The van der Waals surface area contributed by atoms with Crippen molar-refractivity contribution in [2.24, 2.45) is 5.41 Å². The van der Waals surface area contributed by atoms with Crippen molar-refractivity contribution in [3.8, 4) is 0 Å². The molecule has 104 valence electrons. The van der Waals surface area contributed by atoms with Crippen LogP contribution in [0.15, 0.2) is 18.5 Å². The number of hydrogen-bond acceptors (Lipinski definition) is 3. The quantitative estimate of drug-likeness (QED) is 0.909. The van der Waals surface area contributed by atoms with E-state index in [0.29, 0.717) is 17.0 Å². The first kappa shape index (κ1) is 13.8. The Morgan fingerprint density at radius 3 is 2.63 bits per heavy atom. The van der Waals surface area contributed by atoms with Crippen LogP contribution in [0.3, 0.4) is 0 Å². The third-order valence-electron chi connectivity index (χ3n) is 4.27. The summed E-state index contributed by atoms with van der Waals surface area (Å²) in [7, 11) is 1.98. The Balaban J connectivity index is 2.17. The molecule has 0 radical (unpaired) electrons. The standard InChI is InChI=1S/C15H22N2O2/c1-15(2)7-4-11(5-8-15)17(3)13-10-16-9-6-12(13)14(18)19/h6,9-11H,4-5,7-8H2,1-3H3,(H,18,19). The molecule has 0 amide bonds. The monoisotopic (exact) mass is 262 g/mol. The fraction of sp³-hybridized carbons (Fsp3) is 0.600. The highest BCUT2D eigenvalue weighted by atomic mass is 16.4. The molecule has 0 atom stereocenters. The van der Waals surface area contributed by atoms with Crippen LogP contribution in [-0.2, 0) is 0 Å². The van der Waals surface area contributed by atoms with Crippen molar-refractivity contribution < 1.29 is 9.90 Å². The number of rotatable bonds is 3. The summed E-state index contributed by atoms with van der Waals surface area (Å²) >= 11 is 0. The molecule has 1 saturated carbocycles. The normalized spacial score (nSPS) is 19.1. The van der Waals surface area contributed by atoms with Crippen molar-refractivity contribution in [1.29, 1.82) is 0 Å². The molecule has 4 nitrogen and oxygen atoms in total. The summed E-state index contributed by atoms with van der Waals surface area (Å²) in [4.78, 5) is 17.4. The maximum absolute atomic E-state index is 11.3. The van der Waals surface area contributed by atoms with Gasteiger partial charge in [-0.15, -0.1) is 0 Å². The SMILES string of the molecule is CN(c1cnccc1C(=O)O)C1CCC(C)(C)CC1. The zero-order valence-electron chi connectivity index (χ0n) is 11.9. The Kier molecular flexibility index (Phi) is 3.78. The zero-order chi connectivity index (χ0) is 14.0. The highest BCUT2D eigenvalue weighted by Crippen LogP contribution is 2.38. The summed E-state index contributed by atoms with van der Waals surface area (Å²) in [6, 6.07) is 1.98. The van der Waals surface area contributed by atoms with E-state index < -0.39 is 5.97 Å². The van der Waals surface area contributed by atoms with Gasteiger partial charge in [0, 0.05) is 19.3 Å². The van der Waals surface area contributed by atoms with Crippen LogP contribution < -0.4 is 4.90 Å². The number of pyridine rings is 1. The Morgan fingerprint density at radius 1 is 1.42 bits per heavy atom. The van der Waals surface area contributed by atoms with Gasteiger partial charge in [-0.2, -0.15) is 0 Å². The van der Waals surface area contributed by atoms with Crippen molar-refractivity contribution in [2.75, 3.05) is 11.9 Å². The molecule has 1 fully saturated rings. The van der Waals surface area contributed by atoms with Gasteiger partial charge in [-0.1, -0.05) is 13.8 Å². The number of aromatic carboxylic acids is 1. The number of carboxylic acids is 1. The fourth-order valence-corrected chi connectivity index (χ4v) is 2.82. The molecule has 1 aromatic rings. The molecule has 0 saturated heterocycles. The third kappa shape index (κ3) is 3.06. The molecule has 0 bridgehead atoms. The van der Waals surface area contributed by atoms with E-state index in [9.17, 15) is 9.90 Å². The zero-order valence-corrected chi connectivity index (χ0v) is 11.9. The topological polar surface area (TPSA) is 53.4 Å². The van der Waals surface area contributed by atoms with Gasteiger partial charge in [-0.05, 0) is 37.2 Å². The molecule has 1 aliphatic rings. The van der Waals surface area contributed by atoms with Crippen LogP contribution in [0.1, 0.15) is 49.9 Å². The molecular weight excluding hydrogens is 240 g/mol. The second-order valence-electron chi connectivity index (χ2n) is 6.20. The predicted molar refractivity (Wildman–Crippen MR) is 75.6 cm³/mol. The van der Waals surface area contributed by atoms with E-state index in [0.717, 1.165) is 18.5 Å². The van der Waals surface area contributed by atoms with E-state index in [1.165, 1.54) is 19.0 Å². The van der Waals surface area contributed by atoms with Crippen LogP contribution in [-0.4, -0.2) is 29.1 Å². The minimum absolute atomic E-state index is 0.335. The van der Waals surface area contributed by atoms with Crippen LogP contribution in [0.2, 0.25) is 0 Å². The van der Waals surface area contributed by atoms with Crippen LogP contribution >= 0.6 is 0 Å². The van der Waals surface area contributed by atoms with Gasteiger partial charge in [-0.3, -0.25) is 4.98 Å². The smallest absolute Gasteiger partial charge is 0.337 e. The van der Waals surface area contributed by atoms with Crippen molar-refractivity contribution in [2.45, 2.75) is 45.6 Å². The van der Waals surface area contributed by atoms with Gasteiger partial charge in [0.15, 0.2) is 0 Å². The second kappa shape index (κ2) is 5.19. The van der Waals surface area contributed by atoms with Crippen molar-refractivity contribution in [1.82, 2.24) is 4.98 Å². The summed E-state index contributed by atoms with van der Waals surface area (Å²) in [5.41, 5.74) is 1.48. The van der Waals surface area contributed by atoms with Crippen molar-refractivity contribution in [3.05, 3.63) is 24.0 Å². The number of hydrogen-bond donors (Lipinski definition) is 1. The first-order valence-corrected chi connectivity index (χ1v) is 6.81. The molecule has 0 aliphatic heterocycles. The average Bonchev–Trinajstić information content (AvgIpc) is 2.38. The number of carboxylic acid groups (broad SMARTS) is 1. The van der Waals surface area contributed by atoms with Gasteiger partial charge in [0.1, 0.15) is 0 Å². The maximum atomic E-state index is 11.3. The highest BCUT2D eigenvalue weighted by molar-refractivity contribution is 5.94. The van der Waals surface area contributed by atoms with E-state index in [2.05, 4.69) is 23.7 Å².